The highest BCUT2D eigenvalue weighted by atomic mass is 16.3. The fourth-order valence-electron chi connectivity index (χ4n) is 1.44. The SMILES string of the molecule is N#C/C(=C\c1ccco1)C(=O)NCc1cccnc1. The number of hydrogen-bond acceptors (Lipinski definition) is 4. The first kappa shape index (κ1) is 12.6. The van der Waals surface area contributed by atoms with Gasteiger partial charge in [0.1, 0.15) is 17.4 Å². The molecule has 0 fully saturated rings. The number of amides is 1. The number of pyridine rings is 1. The maximum atomic E-state index is 11.8. The van der Waals surface area contributed by atoms with Crippen molar-refractivity contribution in [1.82, 2.24) is 10.3 Å². The largest absolute Gasteiger partial charge is 0.465 e. The molecule has 0 aliphatic heterocycles. The maximum absolute atomic E-state index is 11.8. The first-order chi connectivity index (χ1) is 9.29. The number of nitrogens with zero attached hydrogens (tertiary/aromatic N) is 2. The van der Waals surface area contributed by atoms with Gasteiger partial charge in [0.05, 0.1) is 6.26 Å². The van der Waals surface area contributed by atoms with Gasteiger partial charge in [-0.1, -0.05) is 6.07 Å². The highest BCUT2D eigenvalue weighted by Crippen LogP contribution is 2.07. The molecule has 2 rings (SSSR count). The number of aromatic nitrogens is 1. The van der Waals surface area contributed by atoms with Crippen LogP contribution in [0.1, 0.15) is 11.3 Å². The second-order valence-corrected chi connectivity index (χ2v) is 3.73. The third kappa shape index (κ3) is 3.54. The molecule has 94 valence electrons. The van der Waals surface area contributed by atoms with Crippen LogP contribution < -0.4 is 5.32 Å². The van der Waals surface area contributed by atoms with E-state index in [4.69, 9.17) is 9.68 Å². The lowest BCUT2D eigenvalue weighted by Gasteiger charge is -2.03. The molecule has 0 unspecified atom stereocenters. The Morgan fingerprint density at radius 2 is 2.37 bits per heavy atom. The molecule has 0 aliphatic carbocycles. The average molecular weight is 253 g/mol. The smallest absolute Gasteiger partial charge is 0.262 e. The van der Waals surface area contributed by atoms with E-state index >= 15 is 0 Å². The molecule has 2 heterocycles. The van der Waals surface area contributed by atoms with Crippen LogP contribution in [-0.4, -0.2) is 10.9 Å². The van der Waals surface area contributed by atoms with Crippen LogP contribution in [0.25, 0.3) is 6.08 Å². The summed E-state index contributed by atoms with van der Waals surface area (Å²) in [6.45, 7) is 0.323. The zero-order valence-electron chi connectivity index (χ0n) is 10.0. The molecule has 1 amide bonds. The zero-order chi connectivity index (χ0) is 13.5. The van der Waals surface area contributed by atoms with E-state index in [1.54, 1.807) is 30.6 Å². The maximum Gasteiger partial charge on any atom is 0.262 e. The van der Waals surface area contributed by atoms with Gasteiger partial charge in [0.2, 0.25) is 0 Å². The molecule has 0 saturated carbocycles. The van der Waals surface area contributed by atoms with Crippen LogP contribution >= 0.6 is 0 Å². The second-order valence-electron chi connectivity index (χ2n) is 3.73. The molecule has 5 nitrogen and oxygen atoms in total. The zero-order valence-corrected chi connectivity index (χ0v) is 10.0. The quantitative estimate of drug-likeness (QED) is 0.666. The van der Waals surface area contributed by atoms with E-state index < -0.39 is 5.91 Å². The Bertz CT molecular complexity index is 610. The summed E-state index contributed by atoms with van der Waals surface area (Å²) >= 11 is 0. The molecule has 0 bridgehead atoms. The van der Waals surface area contributed by atoms with Crippen molar-refractivity contribution in [2.75, 3.05) is 0 Å². The molecule has 1 N–H and O–H groups in total. The minimum Gasteiger partial charge on any atom is -0.465 e. The number of nitrogens with one attached hydrogen (secondary N) is 1. The van der Waals surface area contributed by atoms with Crippen LogP contribution in [0.5, 0.6) is 0 Å². The van der Waals surface area contributed by atoms with Gasteiger partial charge in [-0.15, -0.1) is 0 Å². The van der Waals surface area contributed by atoms with E-state index in [1.165, 1.54) is 12.3 Å². The lowest BCUT2D eigenvalue weighted by molar-refractivity contribution is -0.117. The normalized spacial score (nSPS) is 10.8. The van der Waals surface area contributed by atoms with Gasteiger partial charge in [0, 0.05) is 25.0 Å². The van der Waals surface area contributed by atoms with E-state index in [0.717, 1.165) is 5.56 Å². The molecule has 0 radical (unpaired) electrons. The minimum absolute atomic E-state index is 0.00107. The first-order valence-electron chi connectivity index (χ1n) is 5.62. The van der Waals surface area contributed by atoms with Crippen LogP contribution in [0.3, 0.4) is 0 Å². The number of carbonyl (C=O) groups excluding carboxylic acids is 1. The number of furan rings is 1. The number of carbonyl (C=O) groups is 1. The Kier molecular flexibility index (Phi) is 4.09. The lowest BCUT2D eigenvalue weighted by Crippen LogP contribution is -2.23. The molecule has 0 atom stereocenters. The topological polar surface area (TPSA) is 78.9 Å². The van der Waals surface area contributed by atoms with Crippen molar-refractivity contribution in [2.24, 2.45) is 0 Å². The first-order valence-corrected chi connectivity index (χ1v) is 5.62. The van der Waals surface area contributed by atoms with Crippen molar-refractivity contribution < 1.29 is 9.21 Å². The summed E-state index contributed by atoms with van der Waals surface area (Å²) in [6, 6.07) is 8.84. The van der Waals surface area contributed by atoms with Gasteiger partial charge in [-0.05, 0) is 23.8 Å². The Labute approximate surface area is 110 Å². The summed E-state index contributed by atoms with van der Waals surface area (Å²) in [5, 5.41) is 11.6. The summed E-state index contributed by atoms with van der Waals surface area (Å²) in [5.74, 6) is 0.0239. The second kappa shape index (κ2) is 6.17. The van der Waals surface area contributed by atoms with Crippen LogP contribution in [0.2, 0.25) is 0 Å². The van der Waals surface area contributed by atoms with Gasteiger partial charge in [0.15, 0.2) is 0 Å². The predicted molar refractivity (Wildman–Crippen MR) is 68.4 cm³/mol. The van der Waals surface area contributed by atoms with Crippen LogP contribution in [-0.2, 0) is 11.3 Å². The Morgan fingerprint density at radius 1 is 1.47 bits per heavy atom. The minimum atomic E-state index is -0.442. The van der Waals surface area contributed by atoms with Crippen molar-refractivity contribution in [3.63, 3.8) is 0 Å². The highest BCUT2D eigenvalue weighted by Gasteiger charge is 2.09. The van der Waals surface area contributed by atoms with Crippen molar-refractivity contribution in [1.29, 1.82) is 5.26 Å². The van der Waals surface area contributed by atoms with Gasteiger partial charge in [-0.25, -0.2) is 0 Å². The molecular weight excluding hydrogens is 242 g/mol. The van der Waals surface area contributed by atoms with Crippen LogP contribution in [0, 0.1) is 11.3 Å². The van der Waals surface area contributed by atoms with Crippen LogP contribution in [0.4, 0.5) is 0 Å². The molecule has 0 saturated heterocycles. The van der Waals surface area contributed by atoms with Crippen molar-refractivity contribution in [2.45, 2.75) is 6.54 Å². The van der Waals surface area contributed by atoms with Crippen LogP contribution in [0.15, 0.2) is 52.9 Å². The summed E-state index contributed by atoms with van der Waals surface area (Å²) in [7, 11) is 0. The van der Waals surface area contributed by atoms with E-state index in [9.17, 15) is 4.79 Å². The summed E-state index contributed by atoms with van der Waals surface area (Å²) in [4.78, 5) is 15.8. The molecule has 2 aromatic rings. The monoisotopic (exact) mass is 253 g/mol. The Balaban J connectivity index is 2.01. The number of rotatable bonds is 4. The molecule has 0 aliphatic rings. The van der Waals surface area contributed by atoms with Crippen molar-refractivity contribution in [3.05, 3.63) is 59.8 Å². The number of nitriles is 1. The molecule has 2 aromatic heterocycles. The Hall–Kier alpha value is -2.87. The third-order valence-corrected chi connectivity index (χ3v) is 2.37. The van der Waals surface area contributed by atoms with Gasteiger partial charge in [0.25, 0.3) is 5.91 Å². The van der Waals surface area contributed by atoms with E-state index in [2.05, 4.69) is 10.3 Å². The molecule has 19 heavy (non-hydrogen) atoms. The molecular formula is C14H11N3O2. The summed E-state index contributed by atoms with van der Waals surface area (Å²) in [6.07, 6.45) is 6.19. The highest BCUT2D eigenvalue weighted by molar-refractivity contribution is 6.01. The van der Waals surface area contributed by atoms with E-state index in [0.29, 0.717) is 12.3 Å². The summed E-state index contributed by atoms with van der Waals surface area (Å²) < 4.78 is 5.06. The molecule has 0 aromatic carbocycles. The third-order valence-electron chi connectivity index (χ3n) is 2.37. The fourth-order valence-corrected chi connectivity index (χ4v) is 1.44. The van der Waals surface area contributed by atoms with E-state index in [1.807, 2.05) is 12.1 Å². The van der Waals surface area contributed by atoms with Gasteiger partial charge in [-0.3, -0.25) is 9.78 Å². The number of hydrogen-bond donors (Lipinski definition) is 1. The van der Waals surface area contributed by atoms with Crippen molar-refractivity contribution in [3.8, 4) is 6.07 Å². The fraction of sp³-hybridized carbons (Fsp3) is 0.0714. The molecule has 0 spiro atoms. The summed E-state index contributed by atoms with van der Waals surface area (Å²) in [5.41, 5.74) is 0.866. The predicted octanol–water partition coefficient (Wildman–Crippen LogP) is 1.90. The van der Waals surface area contributed by atoms with Gasteiger partial charge < -0.3 is 9.73 Å². The van der Waals surface area contributed by atoms with E-state index in [-0.39, 0.29) is 5.57 Å². The van der Waals surface area contributed by atoms with Gasteiger partial charge >= 0.3 is 0 Å². The Morgan fingerprint density at radius 3 is 3.00 bits per heavy atom. The van der Waals surface area contributed by atoms with Crippen molar-refractivity contribution >= 4 is 12.0 Å². The lowest BCUT2D eigenvalue weighted by atomic mass is 10.2. The molecule has 5 heteroatoms. The standard InChI is InChI=1S/C14H11N3O2/c15-8-12(7-13-4-2-6-19-13)14(18)17-10-11-3-1-5-16-9-11/h1-7,9H,10H2,(H,17,18)/b12-7+. The van der Waals surface area contributed by atoms with Gasteiger partial charge in [-0.2, -0.15) is 5.26 Å². The average Bonchev–Trinajstić information content (AvgIpc) is 2.96.